The van der Waals surface area contributed by atoms with Crippen molar-refractivity contribution in [3.63, 3.8) is 0 Å². The number of thiazole rings is 1. The Balaban J connectivity index is 1.81. The van der Waals surface area contributed by atoms with Gasteiger partial charge in [-0.05, 0) is 24.3 Å². The lowest BCUT2D eigenvalue weighted by molar-refractivity contribution is 0.301. The molecule has 0 aliphatic rings. The van der Waals surface area contributed by atoms with Crippen LogP contribution in [0, 0.1) is 5.82 Å². The van der Waals surface area contributed by atoms with E-state index in [1.807, 2.05) is 0 Å². The maximum atomic E-state index is 12.7. The molecule has 4 nitrogen and oxygen atoms in total. The van der Waals surface area contributed by atoms with Crippen molar-refractivity contribution in [1.29, 1.82) is 0 Å². The van der Waals surface area contributed by atoms with Crippen molar-refractivity contribution < 1.29 is 9.13 Å². The van der Waals surface area contributed by atoms with Gasteiger partial charge in [-0.15, -0.1) is 11.3 Å². The molecule has 0 spiro atoms. The van der Waals surface area contributed by atoms with E-state index in [4.69, 9.17) is 4.74 Å². The predicted octanol–water partition coefficient (Wildman–Crippen LogP) is 2.47. The first-order valence-electron chi connectivity index (χ1n) is 5.56. The molecular formula is C13H9FN2O2S. The van der Waals surface area contributed by atoms with Crippen LogP contribution < -0.4 is 10.3 Å². The van der Waals surface area contributed by atoms with E-state index in [1.54, 1.807) is 11.6 Å². The molecule has 0 amide bonds. The molecule has 0 bridgehead atoms. The molecule has 0 aliphatic heterocycles. The van der Waals surface area contributed by atoms with Gasteiger partial charge in [-0.1, -0.05) is 0 Å². The van der Waals surface area contributed by atoms with Gasteiger partial charge >= 0.3 is 0 Å². The van der Waals surface area contributed by atoms with Crippen molar-refractivity contribution in [1.82, 2.24) is 9.38 Å². The topological polar surface area (TPSA) is 43.6 Å². The summed E-state index contributed by atoms with van der Waals surface area (Å²) in [7, 11) is 0. The fourth-order valence-corrected chi connectivity index (χ4v) is 2.39. The van der Waals surface area contributed by atoms with E-state index >= 15 is 0 Å². The van der Waals surface area contributed by atoms with Crippen LogP contribution in [0.2, 0.25) is 0 Å². The second-order valence-corrected chi connectivity index (χ2v) is 4.76. The lowest BCUT2D eigenvalue weighted by Crippen LogP contribution is -2.14. The summed E-state index contributed by atoms with van der Waals surface area (Å²) in [5.41, 5.74) is 0.417. The van der Waals surface area contributed by atoms with Crippen LogP contribution in [0.15, 0.2) is 46.7 Å². The average Bonchev–Trinajstić information content (AvgIpc) is 2.87. The van der Waals surface area contributed by atoms with Crippen LogP contribution in [0.3, 0.4) is 0 Å². The number of hydrogen-bond donors (Lipinski definition) is 0. The molecule has 19 heavy (non-hydrogen) atoms. The highest BCUT2D eigenvalue weighted by Gasteiger charge is 2.04. The van der Waals surface area contributed by atoms with Gasteiger partial charge in [0.05, 0.1) is 5.69 Å². The maximum Gasteiger partial charge on any atom is 0.258 e. The molecule has 6 heteroatoms. The number of ether oxygens (including phenoxy) is 1. The lowest BCUT2D eigenvalue weighted by Gasteiger charge is -2.05. The van der Waals surface area contributed by atoms with Gasteiger partial charge in [-0.3, -0.25) is 9.20 Å². The van der Waals surface area contributed by atoms with Gasteiger partial charge in [0.2, 0.25) is 0 Å². The largest absolute Gasteiger partial charge is 0.487 e. The van der Waals surface area contributed by atoms with Crippen LogP contribution in [0.25, 0.3) is 4.96 Å². The second kappa shape index (κ2) is 4.81. The van der Waals surface area contributed by atoms with Gasteiger partial charge in [0.15, 0.2) is 4.96 Å². The van der Waals surface area contributed by atoms with E-state index in [0.29, 0.717) is 16.4 Å². The Hall–Kier alpha value is -2.21. The molecule has 0 fully saturated rings. The predicted molar refractivity (Wildman–Crippen MR) is 70.1 cm³/mol. The van der Waals surface area contributed by atoms with Crippen molar-refractivity contribution in [3.8, 4) is 5.75 Å². The zero-order valence-corrected chi connectivity index (χ0v) is 10.6. The van der Waals surface area contributed by atoms with Crippen molar-refractivity contribution in [2.75, 3.05) is 0 Å². The number of rotatable bonds is 3. The molecular weight excluding hydrogens is 267 g/mol. The van der Waals surface area contributed by atoms with Crippen molar-refractivity contribution >= 4 is 16.3 Å². The van der Waals surface area contributed by atoms with Gasteiger partial charge in [0, 0.05) is 17.6 Å². The fraction of sp³-hybridized carbons (Fsp3) is 0.0769. The standard InChI is InChI=1S/C13H9FN2O2S/c14-9-1-3-11(4-2-9)18-8-10-7-12(17)16-5-6-19-13(16)15-10/h1-7H,8H2. The van der Waals surface area contributed by atoms with Crippen molar-refractivity contribution in [3.05, 3.63) is 63.8 Å². The molecule has 0 saturated heterocycles. The van der Waals surface area contributed by atoms with E-state index in [-0.39, 0.29) is 18.0 Å². The van der Waals surface area contributed by atoms with Gasteiger partial charge in [0.1, 0.15) is 18.2 Å². The highest BCUT2D eigenvalue weighted by molar-refractivity contribution is 7.15. The summed E-state index contributed by atoms with van der Waals surface area (Å²) >= 11 is 1.39. The number of halogens is 1. The Kier molecular flexibility index (Phi) is 3.00. The average molecular weight is 276 g/mol. The molecule has 0 atom stereocenters. The van der Waals surface area contributed by atoms with E-state index in [0.717, 1.165) is 0 Å². The van der Waals surface area contributed by atoms with E-state index in [2.05, 4.69) is 4.98 Å². The van der Waals surface area contributed by atoms with Crippen LogP contribution in [0.4, 0.5) is 4.39 Å². The third kappa shape index (κ3) is 2.48. The Bertz CT molecular complexity index is 764. The summed E-state index contributed by atoms with van der Waals surface area (Å²) in [6.07, 6.45) is 1.68. The van der Waals surface area contributed by atoms with E-state index in [1.165, 1.54) is 46.1 Å². The molecule has 1 aromatic carbocycles. The number of benzene rings is 1. The van der Waals surface area contributed by atoms with Gasteiger partial charge in [0.25, 0.3) is 5.56 Å². The molecule has 3 rings (SSSR count). The molecule has 0 N–H and O–H groups in total. The molecule has 0 aliphatic carbocycles. The summed E-state index contributed by atoms with van der Waals surface area (Å²) in [4.78, 5) is 16.7. The molecule has 2 heterocycles. The van der Waals surface area contributed by atoms with Crippen LogP contribution in [0.1, 0.15) is 5.69 Å². The third-order valence-electron chi connectivity index (χ3n) is 2.56. The second-order valence-electron chi connectivity index (χ2n) is 3.88. The van der Waals surface area contributed by atoms with Gasteiger partial charge in [-0.25, -0.2) is 9.37 Å². The minimum atomic E-state index is -0.316. The minimum Gasteiger partial charge on any atom is -0.487 e. The highest BCUT2D eigenvalue weighted by atomic mass is 32.1. The summed E-state index contributed by atoms with van der Waals surface area (Å²) in [5.74, 6) is 0.221. The minimum absolute atomic E-state index is 0.135. The Morgan fingerprint density at radius 1 is 1.32 bits per heavy atom. The van der Waals surface area contributed by atoms with E-state index in [9.17, 15) is 9.18 Å². The Labute approximate surface area is 111 Å². The van der Waals surface area contributed by atoms with Crippen molar-refractivity contribution in [2.45, 2.75) is 6.61 Å². The summed E-state index contributed by atoms with van der Waals surface area (Å²) in [6.45, 7) is 0.176. The van der Waals surface area contributed by atoms with E-state index < -0.39 is 0 Å². The quantitative estimate of drug-likeness (QED) is 0.738. The van der Waals surface area contributed by atoms with Crippen molar-refractivity contribution in [2.24, 2.45) is 0 Å². The molecule has 2 aromatic heterocycles. The third-order valence-corrected chi connectivity index (χ3v) is 3.31. The SMILES string of the molecule is O=c1cc(COc2ccc(F)cc2)nc2sccn12. The smallest absolute Gasteiger partial charge is 0.258 e. The van der Waals surface area contributed by atoms with Crippen LogP contribution >= 0.6 is 11.3 Å². The summed E-state index contributed by atoms with van der Waals surface area (Å²) in [5, 5.41) is 1.80. The van der Waals surface area contributed by atoms with Crippen LogP contribution in [0.5, 0.6) is 5.75 Å². The van der Waals surface area contributed by atoms with Crippen LogP contribution in [-0.4, -0.2) is 9.38 Å². The molecule has 0 unspecified atom stereocenters. The number of fused-ring (bicyclic) bond motifs is 1. The lowest BCUT2D eigenvalue weighted by atomic mass is 10.3. The maximum absolute atomic E-state index is 12.7. The first-order valence-corrected chi connectivity index (χ1v) is 6.44. The zero-order valence-electron chi connectivity index (χ0n) is 9.75. The number of nitrogens with zero attached hydrogens (tertiary/aromatic N) is 2. The molecule has 0 radical (unpaired) electrons. The van der Waals surface area contributed by atoms with Gasteiger partial charge < -0.3 is 4.74 Å². The first-order chi connectivity index (χ1) is 9.22. The molecule has 3 aromatic rings. The zero-order chi connectivity index (χ0) is 13.2. The normalized spacial score (nSPS) is 10.8. The first kappa shape index (κ1) is 11.9. The summed E-state index contributed by atoms with van der Waals surface area (Å²) in [6, 6.07) is 7.14. The Morgan fingerprint density at radius 3 is 2.89 bits per heavy atom. The highest BCUT2D eigenvalue weighted by Crippen LogP contribution is 2.13. The Morgan fingerprint density at radius 2 is 2.11 bits per heavy atom. The monoisotopic (exact) mass is 276 g/mol. The molecule has 0 saturated carbocycles. The van der Waals surface area contributed by atoms with Gasteiger partial charge in [-0.2, -0.15) is 0 Å². The fourth-order valence-electron chi connectivity index (χ4n) is 1.65. The number of hydrogen-bond acceptors (Lipinski definition) is 4. The number of aromatic nitrogens is 2. The van der Waals surface area contributed by atoms with Crippen LogP contribution in [-0.2, 0) is 6.61 Å². The molecule has 96 valence electrons. The summed E-state index contributed by atoms with van der Waals surface area (Å²) < 4.78 is 19.7.